The molecule has 0 aromatic heterocycles. The lowest BCUT2D eigenvalue weighted by Crippen LogP contribution is -2.44. The van der Waals surface area contributed by atoms with Crippen molar-refractivity contribution in [3.05, 3.63) is 70.8 Å². The largest absolute Gasteiger partial charge is 0.0613 e. The molecule has 0 heteroatoms. The molecule has 0 N–H and O–H groups in total. The van der Waals surface area contributed by atoms with Crippen LogP contribution >= 0.6 is 0 Å². The van der Waals surface area contributed by atoms with E-state index < -0.39 is 0 Å². The maximum absolute atomic E-state index is 2.58. The van der Waals surface area contributed by atoms with Gasteiger partial charge in [-0.25, -0.2) is 0 Å². The highest BCUT2D eigenvalue weighted by atomic mass is 14.6. The van der Waals surface area contributed by atoms with E-state index in [1.165, 1.54) is 79.0 Å². The van der Waals surface area contributed by atoms with Gasteiger partial charge >= 0.3 is 0 Å². The van der Waals surface area contributed by atoms with Crippen molar-refractivity contribution < 1.29 is 0 Å². The van der Waals surface area contributed by atoms with E-state index in [0.717, 1.165) is 11.8 Å². The summed E-state index contributed by atoms with van der Waals surface area (Å²) in [6.45, 7) is 4.58. The van der Waals surface area contributed by atoms with E-state index in [1.807, 2.05) is 0 Å². The van der Waals surface area contributed by atoms with Crippen molar-refractivity contribution in [2.45, 2.75) is 70.6 Å². The van der Waals surface area contributed by atoms with E-state index in [9.17, 15) is 0 Å². The van der Waals surface area contributed by atoms with E-state index in [4.69, 9.17) is 0 Å². The minimum Gasteiger partial charge on any atom is -0.0613 e. The van der Waals surface area contributed by atoms with Gasteiger partial charge in [0.25, 0.3) is 0 Å². The van der Waals surface area contributed by atoms with E-state index in [-0.39, 0.29) is 5.41 Å². The van der Waals surface area contributed by atoms with Crippen molar-refractivity contribution in [3.8, 4) is 11.1 Å². The molecular formula is C29H32. The van der Waals surface area contributed by atoms with Crippen LogP contribution in [0.3, 0.4) is 0 Å². The third-order valence-corrected chi connectivity index (χ3v) is 8.61. The summed E-state index contributed by atoms with van der Waals surface area (Å²) in [5.41, 5.74) is 9.40. The fourth-order valence-corrected chi connectivity index (χ4v) is 7.48. The first-order valence-electron chi connectivity index (χ1n) is 11.9. The summed E-state index contributed by atoms with van der Waals surface area (Å²) in [4.78, 5) is 0. The van der Waals surface area contributed by atoms with E-state index in [2.05, 4.69) is 62.4 Å². The lowest BCUT2D eigenvalue weighted by Gasteiger charge is -2.49. The SMILES string of the molecule is Cc1ccc2c(c1)C(C1CCCC1)(C1CCCC1)c1cccc3c(C)ccc-2c13. The number of rotatable bonds is 2. The molecule has 0 nitrogen and oxygen atoms in total. The highest BCUT2D eigenvalue weighted by Gasteiger charge is 2.52. The standard InChI is InChI=1S/C29H32/c1-19-14-16-24-25-17-15-20(2)23-12-7-13-26(28(23)25)29(27(24)18-19,21-8-3-4-9-21)22-10-5-6-11-22/h7,12-18,21-22H,3-6,8-11H2,1-2H3. The third kappa shape index (κ3) is 2.32. The van der Waals surface area contributed by atoms with Gasteiger partial charge in [-0.2, -0.15) is 0 Å². The Morgan fingerprint density at radius 1 is 0.690 bits per heavy atom. The molecule has 0 radical (unpaired) electrons. The van der Waals surface area contributed by atoms with Crippen LogP contribution in [-0.2, 0) is 5.41 Å². The molecule has 3 aromatic rings. The van der Waals surface area contributed by atoms with E-state index in [0.29, 0.717) is 0 Å². The average molecular weight is 381 g/mol. The molecule has 2 fully saturated rings. The van der Waals surface area contributed by atoms with Crippen LogP contribution in [0.25, 0.3) is 21.9 Å². The molecule has 0 amide bonds. The van der Waals surface area contributed by atoms with Crippen molar-refractivity contribution >= 4 is 10.8 Å². The highest BCUT2D eigenvalue weighted by Crippen LogP contribution is 2.61. The molecule has 0 spiro atoms. The third-order valence-electron chi connectivity index (χ3n) is 8.61. The highest BCUT2D eigenvalue weighted by molar-refractivity contribution is 6.04. The summed E-state index contributed by atoms with van der Waals surface area (Å²) in [6.07, 6.45) is 11.3. The Balaban J connectivity index is 1.80. The minimum atomic E-state index is 0.217. The maximum atomic E-state index is 2.58. The van der Waals surface area contributed by atoms with Gasteiger partial charge < -0.3 is 0 Å². The maximum Gasteiger partial charge on any atom is 0.0271 e. The normalized spacial score (nSPS) is 21.0. The molecular weight excluding hydrogens is 348 g/mol. The van der Waals surface area contributed by atoms with Crippen molar-refractivity contribution in [2.75, 3.05) is 0 Å². The lowest BCUT2D eigenvalue weighted by molar-refractivity contribution is 0.218. The van der Waals surface area contributed by atoms with Gasteiger partial charge in [-0.15, -0.1) is 0 Å². The Labute approximate surface area is 175 Å². The number of hydrogen-bond acceptors (Lipinski definition) is 0. The molecule has 0 bridgehead atoms. The molecule has 6 rings (SSSR count). The summed E-state index contributed by atoms with van der Waals surface area (Å²) < 4.78 is 0. The summed E-state index contributed by atoms with van der Waals surface area (Å²) in [6, 6.07) is 19.3. The first kappa shape index (κ1) is 17.8. The van der Waals surface area contributed by atoms with Gasteiger partial charge in [-0.05, 0) is 90.0 Å². The Morgan fingerprint density at radius 3 is 2.03 bits per heavy atom. The van der Waals surface area contributed by atoms with Crippen molar-refractivity contribution in [1.82, 2.24) is 0 Å². The van der Waals surface area contributed by atoms with Crippen LogP contribution in [-0.4, -0.2) is 0 Å². The lowest BCUT2D eigenvalue weighted by atomic mass is 9.53. The second-order valence-corrected chi connectivity index (χ2v) is 10.0. The van der Waals surface area contributed by atoms with Crippen LogP contribution in [0.15, 0.2) is 48.5 Å². The quantitative estimate of drug-likeness (QED) is 0.421. The van der Waals surface area contributed by atoms with Gasteiger partial charge in [-0.3, -0.25) is 0 Å². The molecule has 0 aliphatic heterocycles. The zero-order chi connectivity index (χ0) is 19.6. The second kappa shape index (κ2) is 6.46. The van der Waals surface area contributed by atoms with Gasteiger partial charge in [0, 0.05) is 5.41 Å². The Bertz CT molecular complexity index is 1070. The smallest absolute Gasteiger partial charge is 0.0271 e. The van der Waals surface area contributed by atoms with Crippen LogP contribution < -0.4 is 0 Å². The molecule has 29 heavy (non-hydrogen) atoms. The van der Waals surface area contributed by atoms with Crippen molar-refractivity contribution in [2.24, 2.45) is 11.8 Å². The number of hydrogen-bond donors (Lipinski definition) is 0. The Hall–Kier alpha value is -2.08. The van der Waals surface area contributed by atoms with E-state index in [1.54, 1.807) is 16.5 Å². The molecule has 3 aliphatic carbocycles. The molecule has 2 saturated carbocycles. The van der Waals surface area contributed by atoms with Crippen LogP contribution in [0.1, 0.15) is 73.6 Å². The fraction of sp³-hybridized carbons (Fsp3) is 0.448. The van der Waals surface area contributed by atoms with Gasteiger partial charge in [0.05, 0.1) is 0 Å². The fourth-order valence-electron chi connectivity index (χ4n) is 7.48. The van der Waals surface area contributed by atoms with Crippen LogP contribution in [0.4, 0.5) is 0 Å². The van der Waals surface area contributed by atoms with Gasteiger partial charge in [0.15, 0.2) is 0 Å². The summed E-state index contributed by atoms with van der Waals surface area (Å²) in [5, 5.41) is 3.05. The average Bonchev–Trinajstić information content (AvgIpc) is 3.45. The molecule has 0 heterocycles. The predicted octanol–water partition coefficient (Wildman–Crippen LogP) is 8.10. The minimum absolute atomic E-state index is 0.217. The Morgan fingerprint density at radius 2 is 1.34 bits per heavy atom. The first-order valence-corrected chi connectivity index (χ1v) is 11.9. The monoisotopic (exact) mass is 380 g/mol. The van der Waals surface area contributed by atoms with Gasteiger partial charge in [0.1, 0.15) is 0 Å². The number of aryl methyl sites for hydroxylation is 2. The van der Waals surface area contributed by atoms with Gasteiger partial charge in [0.2, 0.25) is 0 Å². The summed E-state index contributed by atoms with van der Waals surface area (Å²) in [7, 11) is 0. The molecule has 0 saturated heterocycles. The second-order valence-electron chi connectivity index (χ2n) is 10.0. The first-order chi connectivity index (χ1) is 14.2. The number of fused-ring (bicyclic) bond motifs is 2. The summed E-state index contributed by atoms with van der Waals surface area (Å²) in [5.74, 6) is 1.59. The van der Waals surface area contributed by atoms with Crippen LogP contribution in [0.5, 0.6) is 0 Å². The van der Waals surface area contributed by atoms with Crippen molar-refractivity contribution in [3.63, 3.8) is 0 Å². The zero-order valence-electron chi connectivity index (χ0n) is 17.9. The van der Waals surface area contributed by atoms with Crippen molar-refractivity contribution in [1.29, 1.82) is 0 Å². The predicted molar refractivity (Wildman–Crippen MR) is 124 cm³/mol. The van der Waals surface area contributed by atoms with Crippen LogP contribution in [0, 0.1) is 25.7 Å². The number of benzene rings is 3. The Kier molecular flexibility index (Phi) is 3.95. The zero-order valence-corrected chi connectivity index (χ0v) is 17.9. The molecule has 3 aliphatic rings. The van der Waals surface area contributed by atoms with Crippen LogP contribution in [0.2, 0.25) is 0 Å². The molecule has 148 valence electrons. The van der Waals surface area contributed by atoms with E-state index >= 15 is 0 Å². The van der Waals surface area contributed by atoms with Gasteiger partial charge in [-0.1, -0.05) is 79.8 Å². The summed E-state index contributed by atoms with van der Waals surface area (Å²) >= 11 is 0. The molecule has 0 atom stereocenters. The topological polar surface area (TPSA) is 0 Å². The molecule has 0 unspecified atom stereocenters. The molecule has 3 aromatic carbocycles.